The summed E-state index contributed by atoms with van der Waals surface area (Å²) >= 11 is 5.92. The quantitative estimate of drug-likeness (QED) is 0.434. The first kappa shape index (κ1) is 26.8. The second-order valence-electron chi connectivity index (χ2n) is 6.01. The monoisotopic (exact) mass is 448 g/mol. The highest BCUT2D eigenvalue weighted by Crippen LogP contribution is 2.29. The number of ether oxygens (including phenoxy) is 2. The van der Waals surface area contributed by atoms with E-state index in [9.17, 15) is 0 Å². The van der Waals surface area contributed by atoms with Crippen LogP contribution in [0, 0.1) is 0 Å². The lowest BCUT2D eigenvalue weighted by molar-refractivity contribution is 0.269. The molecule has 0 saturated heterocycles. The lowest BCUT2D eigenvalue weighted by Crippen LogP contribution is -2.21. The molecule has 0 unspecified atom stereocenters. The number of benzene rings is 2. The molecule has 0 atom stereocenters. The van der Waals surface area contributed by atoms with Crippen molar-refractivity contribution in [3.63, 3.8) is 0 Å². The summed E-state index contributed by atoms with van der Waals surface area (Å²) in [6.07, 6.45) is 1.12. The van der Waals surface area contributed by atoms with Crippen molar-refractivity contribution in [2.24, 2.45) is 0 Å². The fourth-order valence-electron chi connectivity index (χ4n) is 2.54. The predicted molar refractivity (Wildman–Crippen MR) is 123 cm³/mol. The van der Waals surface area contributed by atoms with E-state index in [1.165, 1.54) is 5.56 Å². The van der Waals surface area contributed by atoms with Gasteiger partial charge in [-0.05, 0) is 68.4 Å². The van der Waals surface area contributed by atoms with Crippen molar-refractivity contribution >= 4 is 36.4 Å². The molecule has 0 fully saturated rings. The van der Waals surface area contributed by atoms with Gasteiger partial charge in [-0.1, -0.05) is 36.7 Å². The second-order valence-corrected chi connectivity index (χ2v) is 6.45. The minimum atomic E-state index is 0. The zero-order chi connectivity index (χ0) is 18.6. The van der Waals surface area contributed by atoms with E-state index in [0.29, 0.717) is 13.2 Å². The fraction of sp³-hybridized carbons (Fsp3) is 0.429. The average molecular weight is 450 g/mol. The van der Waals surface area contributed by atoms with Gasteiger partial charge in [-0.3, -0.25) is 0 Å². The highest BCUT2D eigenvalue weighted by atomic mass is 35.5. The van der Waals surface area contributed by atoms with Gasteiger partial charge < -0.3 is 20.1 Å². The van der Waals surface area contributed by atoms with E-state index in [1.54, 1.807) is 0 Å². The molecular weight excluding hydrogens is 419 g/mol. The maximum Gasteiger partial charge on any atom is 0.161 e. The first-order chi connectivity index (χ1) is 12.7. The molecule has 0 saturated carbocycles. The lowest BCUT2D eigenvalue weighted by atomic mass is 10.2. The second kappa shape index (κ2) is 15.7. The van der Waals surface area contributed by atoms with Gasteiger partial charge in [0.05, 0.1) is 6.61 Å². The minimum Gasteiger partial charge on any atom is -0.490 e. The zero-order valence-electron chi connectivity index (χ0n) is 16.5. The van der Waals surface area contributed by atoms with Crippen LogP contribution in [0.5, 0.6) is 11.5 Å². The molecule has 0 bridgehead atoms. The van der Waals surface area contributed by atoms with Crippen molar-refractivity contribution in [3.8, 4) is 11.5 Å². The molecule has 2 aromatic rings. The number of halogens is 3. The van der Waals surface area contributed by atoms with E-state index in [4.69, 9.17) is 21.1 Å². The summed E-state index contributed by atoms with van der Waals surface area (Å²) in [7, 11) is 0. The highest BCUT2D eigenvalue weighted by Gasteiger charge is 2.07. The van der Waals surface area contributed by atoms with Gasteiger partial charge in [0.2, 0.25) is 0 Å². The smallest absolute Gasteiger partial charge is 0.161 e. The normalized spacial score (nSPS) is 9.96. The largest absolute Gasteiger partial charge is 0.490 e. The van der Waals surface area contributed by atoms with E-state index in [-0.39, 0.29) is 24.8 Å². The third kappa shape index (κ3) is 9.85. The lowest BCUT2D eigenvalue weighted by Gasteiger charge is -2.14. The molecule has 2 rings (SSSR count). The zero-order valence-corrected chi connectivity index (χ0v) is 18.9. The first-order valence-corrected chi connectivity index (χ1v) is 9.65. The average Bonchev–Trinajstić information content (AvgIpc) is 2.65. The number of hydrogen-bond acceptors (Lipinski definition) is 4. The summed E-state index contributed by atoms with van der Waals surface area (Å²) in [5, 5.41) is 7.52. The number of hydrogen-bond donors (Lipinski definition) is 2. The Bertz CT molecular complexity index is 655. The Hall–Kier alpha value is -1.17. The van der Waals surface area contributed by atoms with Crippen molar-refractivity contribution in [2.75, 3.05) is 26.2 Å². The van der Waals surface area contributed by atoms with Crippen molar-refractivity contribution < 1.29 is 9.47 Å². The number of rotatable bonds is 12. The van der Waals surface area contributed by atoms with Crippen LogP contribution in [0.2, 0.25) is 5.02 Å². The molecule has 0 radical (unpaired) electrons. The van der Waals surface area contributed by atoms with Crippen LogP contribution in [0.1, 0.15) is 31.4 Å². The molecule has 0 spiro atoms. The molecule has 0 aliphatic carbocycles. The van der Waals surface area contributed by atoms with E-state index in [1.807, 2.05) is 37.3 Å². The standard InChI is InChI=1S/C21H29ClN2O2.2ClH/c1-3-23-12-5-13-24-15-18-8-11-20(21(14-18)25-4-2)26-16-17-6-9-19(22)10-7-17;;/h6-11,14,23-24H,3-5,12-13,15-16H2,1-2H3;2*1H. The topological polar surface area (TPSA) is 42.5 Å². The summed E-state index contributed by atoms with van der Waals surface area (Å²) in [5.41, 5.74) is 2.26. The van der Waals surface area contributed by atoms with Gasteiger partial charge >= 0.3 is 0 Å². The Morgan fingerprint density at radius 1 is 0.821 bits per heavy atom. The van der Waals surface area contributed by atoms with E-state index in [0.717, 1.165) is 54.7 Å². The van der Waals surface area contributed by atoms with Crippen LogP contribution in [0.3, 0.4) is 0 Å². The van der Waals surface area contributed by atoms with Crippen LogP contribution in [0.4, 0.5) is 0 Å². The summed E-state index contributed by atoms with van der Waals surface area (Å²) < 4.78 is 11.7. The molecule has 2 N–H and O–H groups in total. The van der Waals surface area contributed by atoms with Crippen molar-refractivity contribution in [1.29, 1.82) is 0 Å². The van der Waals surface area contributed by atoms with Crippen LogP contribution in [0.25, 0.3) is 0 Å². The van der Waals surface area contributed by atoms with Gasteiger partial charge in [-0.2, -0.15) is 0 Å². The molecular formula is C21H31Cl3N2O2. The molecule has 158 valence electrons. The Labute approximate surface area is 186 Å². The molecule has 0 amide bonds. The molecule has 0 aliphatic heterocycles. The maximum absolute atomic E-state index is 5.94. The summed E-state index contributed by atoms with van der Waals surface area (Å²) in [4.78, 5) is 0. The van der Waals surface area contributed by atoms with Gasteiger partial charge in [0.1, 0.15) is 6.61 Å². The van der Waals surface area contributed by atoms with Crippen LogP contribution >= 0.6 is 36.4 Å². The SMILES string of the molecule is CCNCCCNCc1ccc(OCc2ccc(Cl)cc2)c(OCC)c1.Cl.Cl. The van der Waals surface area contributed by atoms with Crippen molar-refractivity contribution in [3.05, 3.63) is 58.6 Å². The maximum atomic E-state index is 5.94. The third-order valence-corrected chi connectivity index (χ3v) is 4.15. The summed E-state index contributed by atoms with van der Waals surface area (Å²) in [6, 6.07) is 13.8. The van der Waals surface area contributed by atoms with Gasteiger partial charge in [0, 0.05) is 11.6 Å². The Balaban J connectivity index is 0.00000364. The molecule has 0 aromatic heterocycles. The Morgan fingerprint density at radius 3 is 2.18 bits per heavy atom. The Kier molecular flexibility index (Phi) is 15.1. The molecule has 0 aliphatic rings. The van der Waals surface area contributed by atoms with Gasteiger partial charge in [-0.15, -0.1) is 24.8 Å². The van der Waals surface area contributed by atoms with Crippen LogP contribution < -0.4 is 20.1 Å². The molecule has 4 nitrogen and oxygen atoms in total. The van der Waals surface area contributed by atoms with Gasteiger partial charge in [0.25, 0.3) is 0 Å². The first-order valence-electron chi connectivity index (χ1n) is 9.27. The van der Waals surface area contributed by atoms with Crippen LogP contribution in [-0.4, -0.2) is 26.2 Å². The predicted octanol–water partition coefficient (Wildman–Crippen LogP) is 5.25. The Morgan fingerprint density at radius 2 is 1.50 bits per heavy atom. The third-order valence-electron chi connectivity index (χ3n) is 3.90. The van der Waals surface area contributed by atoms with Gasteiger partial charge in [-0.25, -0.2) is 0 Å². The van der Waals surface area contributed by atoms with E-state index >= 15 is 0 Å². The van der Waals surface area contributed by atoms with Crippen molar-refractivity contribution in [2.45, 2.75) is 33.4 Å². The number of nitrogens with one attached hydrogen (secondary N) is 2. The van der Waals surface area contributed by atoms with Gasteiger partial charge in [0.15, 0.2) is 11.5 Å². The summed E-state index contributed by atoms with van der Waals surface area (Å²) in [6.45, 7) is 9.08. The van der Waals surface area contributed by atoms with Crippen molar-refractivity contribution in [1.82, 2.24) is 10.6 Å². The van der Waals surface area contributed by atoms with Crippen LogP contribution in [-0.2, 0) is 13.2 Å². The molecule has 0 heterocycles. The summed E-state index contributed by atoms with van der Waals surface area (Å²) in [5.74, 6) is 1.55. The molecule has 2 aromatic carbocycles. The fourth-order valence-corrected chi connectivity index (χ4v) is 2.67. The highest BCUT2D eigenvalue weighted by molar-refractivity contribution is 6.30. The molecule has 28 heavy (non-hydrogen) atoms. The van der Waals surface area contributed by atoms with Crippen LogP contribution in [0.15, 0.2) is 42.5 Å². The van der Waals surface area contributed by atoms with E-state index < -0.39 is 0 Å². The minimum absolute atomic E-state index is 0. The van der Waals surface area contributed by atoms with E-state index in [2.05, 4.69) is 29.7 Å². The molecule has 7 heteroatoms.